The van der Waals surface area contributed by atoms with Gasteiger partial charge in [0, 0.05) is 49.1 Å². The summed E-state index contributed by atoms with van der Waals surface area (Å²) in [6.07, 6.45) is 10.2. The summed E-state index contributed by atoms with van der Waals surface area (Å²) in [5, 5.41) is 8.43. The van der Waals surface area contributed by atoms with Gasteiger partial charge < -0.3 is 4.57 Å². The molecule has 150 valence electrons. The van der Waals surface area contributed by atoms with E-state index in [0.29, 0.717) is 12.0 Å². The molecule has 0 N–H and O–H groups in total. The van der Waals surface area contributed by atoms with E-state index in [-0.39, 0.29) is 5.56 Å². The summed E-state index contributed by atoms with van der Waals surface area (Å²) in [4.78, 5) is 21.2. The van der Waals surface area contributed by atoms with Crippen LogP contribution < -0.4 is 5.56 Å². The molecule has 1 aromatic carbocycles. The number of aromatic nitrogens is 5. The maximum absolute atomic E-state index is 12.7. The fourth-order valence-corrected chi connectivity index (χ4v) is 4.03. The van der Waals surface area contributed by atoms with Crippen molar-refractivity contribution in [2.75, 3.05) is 0 Å². The number of benzene rings is 1. The quantitative estimate of drug-likeness (QED) is 0.324. The van der Waals surface area contributed by atoms with Crippen LogP contribution in [0.4, 0.5) is 0 Å². The van der Waals surface area contributed by atoms with Crippen LogP contribution in [0.15, 0.2) is 89.5 Å². The summed E-state index contributed by atoms with van der Waals surface area (Å²) < 4.78 is 2.08. The Morgan fingerprint density at radius 3 is 2.43 bits per heavy atom. The smallest absolute Gasteiger partial charge is 0.277 e. The molecule has 0 aliphatic rings. The highest BCUT2D eigenvalue weighted by molar-refractivity contribution is 7.98. The number of aryl methyl sites for hydroxylation is 2. The minimum atomic E-state index is -0.192. The highest BCUT2D eigenvalue weighted by Crippen LogP contribution is 2.21. The Kier molecular flexibility index (Phi) is 6.61. The fourth-order valence-electron chi connectivity index (χ4n) is 3.08. The van der Waals surface area contributed by atoms with Crippen LogP contribution in [-0.4, -0.2) is 24.7 Å². The highest BCUT2D eigenvalue weighted by atomic mass is 32.2. The second kappa shape index (κ2) is 9.93. The van der Waals surface area contributed by atoms with Gasteiger partial charge in [0.05, 0.1) is 6.20 Å². The number of rotatable bonds is 8. The predicted octanol–water partition coefficient (Wildman–Crippen LogP) is 3.55. The minimum absolute atomic E-state index is 0.192. The summed E-state index contributed by atoms with van der Waals surface area (Å²) in [7, 11) is 0. The van der Waals surface area contributed by atoms with Crippen molar-refractivity contribution in [3.63, 3.8) is 0 Å². The fraction of sp³-hybridized carbons (Fsp3) is 0.174. The lowest BCUT2D eigenvalue weighted by molar-refractivity contribution is 0.595. The third-order valence-electron chi connectivity index (χ3n) is 4.67. The minimum Gasteiger partial charge on any atom is -0.327 e. The molecule has 3 heterocycles. The highest BCUT2D eigenvalue weighted by Gasteiger charge is 2.11. The molecular formula is C23H21N5OS. The summed E-state index contributed by atoms with van der Waals surface area (Å²) in [5.41, 5.74) is 3.80. The molecule has 4 aromatic rings. The zero-order valence-electron chi connectivity index (χ0n) is 16.4. The van der Waals surface area contributed by atoms with Crippen molar-refractivity contribution in [3.8, 4) is 0 Å². The van der Waals surface area contributed by atoms with Crippen molar-refractivity contribution in [1.29, 1.82) is 0 Å². The van der Waals surface area contributed by atoms with E-state index in [2.05, 4.69) is 36.9 Å². The molecule has 0 amide bonds. The van der Waals surface area contributed by atoms with Crippen molar-refractivity contribution in [2.24, 2.45) is 0 Å². The number of pyridine rings is 1. The number of hydrogen-bond donors (Lipinski definition) is 0. The molecule has 4 rings (SSSR count). The SMILES string of the molecule is O=c1nc(SCc2ccccc2)n(CCc2ccncc2)cc1Cc1ccnnc1. The maximum Gasteiger partial charge on any atom is 0.277 e. The predicted molar refractivity (Wildman–Crippen MR) is 117 cm³/mol. The van der Waals surface area contributed by atoms with Gasteiger partial charge in [-0.3, -0.25) is 9.78 Å². The molecule has 0 spiro atoms. The number of thioether (sulfide) groups is 1. The lowest BCUT2D eigenvalue weighted by Gasteiger charge is -2.14. The maximum atomic E-state index is 12.7. The summed E-state index contributed by atoms with van der Waals surface area (Å²) in [6, 6.07) is 16.1. The molecule has 3 aromatic heterocycles. The average Bonchev–Trinajstić information content (AvgIpc) is 2.80. The van der Waals surface area contributed by atoms with Crippen LogP contribution in [0.2, 0.25) is 0 Å². The standard InChI is InChI=1S/C23H21N5OS/c29-22-21(14-20-8-12-25-26-15-20)16-28(13-9-18-6-10-24-11-7-18)23(27-22)30-17-19-4-2-1-3-5-19/h1-8,10-12,15-16H,9,13-14,17H2. The molecule has 7 heteroatoms. The van der Waals surface area contributed by atoms with Crippen LogP contribution in [0.5, 0.6) is 0 Å². The van der Waals surface area contributed by atoms with E-state index in [1.54, 1.807) is 36.5 Å². The molecule has 0 fully saturated rings. The number of hydrogen-bond acceptors (Lipinski definition) is 6. The first-order valence-corrected chi connectivity index (χ1v) is 10.7. The summed E-state index contributed by atoms with van der Waals surface area (Å²) in [5.74, 6) is 0.760. The van der Waals surface area contributed by atoms with E-state index >= 15 is 0 Å². The van der Waals surface area contributed by atoms with E-state index < -0.39 is 0 Å². The normalized spacial score (nSPS) is 10.8. The largest absolute Gasteiger partial charge is 0.327 e. The molecule has 0 unspecified atom stereocenters. The van der Waals surface area contributed by atoms with Crippen molar-refractivity contribution in [3.05, 3.63) is 112 Å². The molecule has 0 radical (unpaired) electrons. The van der Waals surface area contributed by atoms with Crippen LogP contribution in [0, 0.1) is 0 Å². The zero-order valence-corrected chi connectivity index (χ0v) is 17.2. The number of nitrogens with zero attached hydrogens (tertiary/aromatic N) is 5. The Hall–Kier alpha value is -3.32. The van der Waals surface area contributed by atoms with Gasteiger partial charge >= 0.3 is 0 Å². The summed E-state index contributed by atoms with van der Waals surface area (Å²) in [6.45, 7) is 0.732. The monoisotopic (exact) mass is 415 g/mol. The van der Waals surface area contributed by atoms with Gasteiger partial charge in [-0.2, -0.15) is 15.2 Å². The Bertz CT molecular complexity index is 1130. The van der Waals surface area contributed by atoms with Gasteiger partial charge in [-0.25, -0.2) is 0 Å². The molecule has 0 saturated heterocycles. The van der Waals surface area contributed by atoms with E-state index in [1.165, 1.54) is 11.1 Å². The molecule has 0 saturated carbocycles. The van der Waals surface area contributed by atoms with Gasteiger partial charge in [0.25, 0.3) is 5.56 Å². The molecule has 0 atom stereocenters. The third kappa shape index (κ3) is 5.39. The van der Waals surface area contributed by atoms with Crippen LogP contribution in [0.25, 0.3) is 0 Å². The average molecular weight is 416 g/mol. The topological polar surface area (TPSA) is 73.6 Å². The first kappa shape index (κ1) is 20.0. The van der Waals surface area contributed by atoms with Crippen LogP contribution in [-0.2, 0) is 25.1 Å². The molecule has 30 heavy (non-hydrogen) atoms. The van der Waals surface area contributed by atoms with Crippen LogP contribution in [0.1, 0.15) is 22.3 Å². The van der Waals surface area contributed by atoms with Gasteiger partial charge in [0.15, 0.2) is 5.16 Å². The Labute approximate surface area is 179 Å². The van der Waals surface area contributed by atoms with E-state index in [0.717, 1.165) is 29.4 Å². The first-order chi connectivity index (χ1) is 14.8. The van der Waals surface area contributed by atoms with Crippen molar-refractivity contribution in [1.82, 2.24) is 24.7 Å². The first-order valence-electron chi connectivity index (χ1n) is 9.69. The molecule has 6 nitrogen and oxygen atoms in total. The van der Waals surface area contributed by atoms with Crippen molar-refractivity contribution < 1.29 is 0 Å². The zero-order chi connectivity index (χ0) is 20.6. The molecule has 0 aliphatic heterocycles. The van der Waals surface area contributed by atoms with Gasteiger partial charge in [0.1, 0.15) is 0 Å². The van der Waals surface area contributed by atoms with E-state index in [1.807, 2.05) is 42.6 Å². The molecule has 0 aliphatic carbocycles. The van der Waals surface area contributed by atoms with E-state index in [9.17, 15) is 4.79 Å². The summed E-state index contributed by atoms with van der Waals surface area (Å²) >= 11 is 1.58. The molecule has 0 bridgehead atoms. The second-order valence-electron chi connectivity index (χ2n) is 6.85. The van der Waals surface area contributed by atoms with Gasteiger partial charge in [0.2, 0.25) is 0 Å². The van der Waals surface area contributed by atoms with Crippen LogP contribution >= 0.6 is 11.8 Å². The Morgan fingerprint density at radius 1 is 0.867 bits per heavy atom. The van der Waals surface area contributed by atoms with Crippen LogP contribution in [0.3, 0.4) is 0 Å². The Morgan fingerprint density at radius 2 is 1.67 bits per heavy atom. The van der Waals surface area contributed by atoms with Gasteiger partial charge in [-0.15, -0.1) is 0 Å². The van der Waals surface area contributed by atoms with E-state index in [4.69, 9.17) is 0 Å². The third-order valence-corrected chi connectivity index (χ3v) is 5.73. The lowest BCUT2D eigenvalue weighted by Crippen LogP contribution is -2.20. The van der Waals surface area contributed by atoms with Crippen molar-refractivity contribution >= 4 is 11.8 Å². The second-order valence-corrected chi connectivity index (χ2v) is 7.80. The Balaban J connectivity index is 1.59. The molecular weight excluding hydrogens is 394 g/mol. The van der Waals surface area contributed by atoms with Gasteiger partial charge in [-0.1, -0.05) is 42.1 Å². The lowest BCUT2D eigenvalue weighted by atomic mass is 10.1. The van der Waals surface area contributed by atoms with Gasteiger partial charge in [-0.05, 0) is 41.3 Å². The van der Waals surface area contributed by atoms with Crippen molar-refractivity contribution in [2.45, 2.75) is 30.3 Å².